The lowest BCUT2D eigenvalue weighted by atomic mass is 10.0. The molecule has 25 heavy (non-hydrogen) atoms. The molecule has 1 amide bonds. The first kappa shape index (κ1) is 15.0. The Morgan fingerprint density at radius 2 is 2.12 bits per heavy atom. The largest absolute Gasteiger partial charge is 0.494 e. The molecule has 0 aliphatic heterocycles. The van der Waals surface area contributed by atoms with Gasteiger partial charge in [0.2, 0.25) is 17.5 Å². The highest BCUT2D eigenvalue weighted by Crippen LogP contribution is 2.35. The van der Waals surface area contributed by atoms with Gasteiger partial charge in [-0.1, -0.05) is 6.07 Å². The van der Waals surface area contributed by atoms with Crippen molar-refractivity contribution in [2.24, 2.45) is 5.73 Å². The molecule has 1 aromatic carbocycles. The molecule has 4 N–H and O–H groups in total. The lowest BCUT2D eigenvalue weighted by Gasteiger charge is -2.00. The van der Waals surface area contributed by atoms with Crippen LogP contribution >= 0.6 is 11.3 Å². The van der Waals surface area contributed by atoms with Crippen molar-refractivity contribution in [2.75, 3.05) is 0 Å². The van der Waals surface area contributed by atoms with E-state index in [0.717, 1.165) is 4.57 Å². The first-order valence-corrected chi connectivity index (χ1v) is 7.95. The average molecular weight is 354 g/mol. The Balaban J connectivity index is 2.02. The van der Waals surface area contributed by atoms with E-state index in [1.54, 1.807) is 35.7 Å². The maximum atomic E-state index is 12.8. The van der Waals surface area contributed by atoms with Crippen LogP contribution in [0.4, 0.5) is 4.79 Å². The number of aromatic amines is 1. The third-order valence-electron chi connectivity index (χ3n) is 3.74. The van der Waals surface area contributed by atoms with Crippen molar-refractivity contribution in [1.82, 2.24) is 25.2 Å². The number of fused-ring (bicyclic) bond motifs is 1. The number of nitrogens with zero attached hydrogens (tertiary/aromatic N) is 4. The van der Waals surface area contributed by atoms with E-state index in [0.29, 0.717) is 27.2 Å². The molecule has 3 aromatic heterocycles. The number of H-pyrrole nitrogens is 1. The number of hydrogen-bond acceptors (Lipinski definition) is 7. The second-order valence-electron chi connectivity index (χ2n) is 5.15. The Kier molecular flexibility index (Phi) is 3.32. The van der Waals surface area contributed by atoms with Gasteiger partial charge in [0, 0.05) is 10.9 Å². The summed E-state index contributed by atoms with van der Waals surface area (Å²) in [7, 11) is 0. The highest BCUT2D eigenvalue weighted by atomic mass is 32.1. The van der Waals surface area contributed by atoms with Crippen LogP contribution in [0.2, 0.25) is 0 Å². The summed E-state index contributed by atoms with van der Waals surface area (Å²) in [5.74, 6) is -0.573. The maximum Gasteiger partial charge on any atom is 0.326 e. The van der Waals surface area contributed by atoms with Gasteiger partial charge in [-0.2, -0.15) is 5.21 Å². The predicted octanol–water partition coefficient (Wildman–Crippen LogP) is 1.75. The predicted molar refractivity (Wildman–Crippen MR) is 89.5 cm³/mol. The van der Waals surface area contributed by atoms with Crippen LogP contribution in [0, 0.1) is 0 Å². The van der Waals surface area contributed by atoms with E-state index < -0.39 is 17.7 Å². The van der Waals surface area contributed by atoms with Crippen molar-refractivity contribution < 1.29 is 14.7 Å². The number of aromatic nitrogens is 5. The number of thiophene rings is 1. The maximum absolute atomic E-state index is 12.8. The number of primary amides is 1. The third-order valence-corrected chi connectivity index (χ3v) is 4.61. The molecule has 0 saturated carbocycles. The molecule has 4 rings (SSSR count). The Bertz CT molecular complexity index is 1100. The van der Waals surface area contributed by atoms with Gasteiger partial charge in [0.15, 0.2) is 0 Å². The van der Waals surface area contributed by atoms with Crippen LogP contribution in [0.15, 0.2) is 35.7 Å². The summed E-state index contributed by atoms with van der Waals surface area (Å²) in [4.78, 5) is 25.0. The number of nitrogens with one attached hydrogen (secondary N) is 1. The van der Waals surface area contributed by atoms with Gasteiger partial charge in [-0.15, -0.1) is 21.5 Å². The summed E-state index contributed by atoms with van der Waals surface area (Å²) < 4.78 is 0.899. The van der Waals surface area contributed by atoms with Crippen molar-refractivity contribution >= 4 is 34.1 Å². The Hall–Kier alpha value is -3.53. The summed E-state index contributed by atoms with van der Waals surface area (Å²) in [6.45, 7) is 0. The third kappa shape index (κ3) is 2.27. The minimum atomic E-state index is -0.889. The summed E-state index contributed by atoms with van der Waals surface area (Å²) in [5.41, 5.74) is 6.25. The fourth-order valence-electron chi connectivity index (χ4n) is 2.68. The van der Waals surface area contributed by atoms with E-state index >= 15 is 0 Å². The van der Waals surface area contributed by atoms with E-state index in [4.69, 9.17) is 5.73 Å². The molecule has 4 aromatic rings. The van der Waals surface area contributed by atoms with Crippen molar-refractivity contribution in [3.05, 3.63) is 46.2 Å². The summed E-state index contributed by atoms with van der Waals surface area (Å²) in [5, 5.41) is 26.2. The average Bonchev–Trinajstić information content (AvgIpc) is 3.33. The van der Waals surface area contributed by atoms with Gasteiger partial charge < -0.3 is 10.8 Å². The van der Waals surface area contributed by atoms with Gasteiger partial charge in [-0.25, -0.2) is 9.36 Å². The van der Waals surface area contributed by atoms with E-state index in [1.165, 1.54) is 11.3 Å². The lowest BCUT2D eigenvalue weighted by molar-refractivity contribution is 0.104. The second kappa shape index (κ2) is 5.53. The molecule has 9 nitrogen and oxygen atoms in total. The zero-order valence-corrected chi connectivity index (χ0v) is 13.3. The topological polar surface area (TPSA) is 140 Å². The van der Waals surface area contributed by atoms with E-state index in [2.05, 4.69) is 20.6 Å². The van der Waals surface area contributed by atoms with Gasteiger partial charge in [0.1, 0.15) is 0 Å². The highest BCUT2D eigenvalue weighted by Gasteiger charge is 2.26. The lowest BCUT2D eigenvalue weighted by Crippen LogP contribution is -2.18. The van der Waals surface area contributed by atoms with Gasteiger partial charge in [0.25, 0.3) is 0 Å². The van der Waals surface area contributed by atoms with E-state index in [-0.39, 0.29) is 5.56 Å². The van der Waals surface area contributed by atoms with Crippen LogP contribution in [0.25, 0.3) is 22.3 Å². The number of ketones is 1. The number of hydrogen-bond donors (Lipinski definition) is 3. The standard InChI is InChI=1S/C15H10N6O3S/c16-15(24)21-9-4-3-7(13-17-19-20-18-13)6-8(9)11(14(21)23)12(22)10-2-1-5-25-10/h1-6,23H,(H2,16,24)(H,17,18,19,20). The molecule has 0 unspecified atom stereocenters. The molecule has 124 valence electrons. The Morgan fingerprint density at radius 1 is 1.28 bits per heavy atom. The quantitative estimate of drug-likeness (QED) is 0.479. The van der Waals surface area contributed by atoms with Crippen LogP contribution in [-0.2, 0) is 0 Å². The van der Waals surface area contributed by atoms with Gasteiger partial charge in [-0.3, -0.25) is 4.79 Å². The SMILES string of the molecule is NC(=O)n1c(O)c(C(=O)c2cccs2)c2cc(-c3nn[nH]n3)ccc21. The molecule has 0 aliphatic rings. The molecule has 3 heterocycles. The molecular formula is C15H10N6O3S. The summed E-state index contributed by atoms with van der Waals surface area (Å²) in [6.07, 6.45) is 0. The first-order chi connectivity index (χ1) is 12.1. The number of amides is 1. The normalized spacial score (nSPS) is 11.0. The van der Waals surface area contributed by atoms with Crippen molar-refractivity contribution in [3.63, 3.8) is 0 Å². The Morgan fingerprint density at radius 3 is 2.76 bits per heavy atom. The molecule has 0 aliphatic carbocycles. The molecule has 0 atom stereocenters. The number of nitrogens with two attached hydrogens (primary N) is 1. The number of carbonyl (C=O) groups excluding carboxylic acids is 2. The van der Waals surface area contributed by atoms with Crippen molar-refractivity contribution in [1.29, 1.82) is 0 Å². The second-order valence-corrected chi connectivity index (χ2v) is 6.09. The summed E-state index contributed by atoms with van der Waals surface area (Å²) in [6, 6.07) is 7.30. The number of carbonyl (C=O) groups is 2. The number of benzene rings is 1. The van der Waals surface area contributed by atoms with Crippen LogP contribution in [0.1, 0.15) is 15.2 Å². The molecule has 10 heteroatoms. The number of tetrazole rings is 1. The zero-order valence-electron chi connectivity index (χ0n) is 12.5. The van der Waals surface area contributed by atoms with E-state index in [9.17, 15) is 14.7 Å². The number of rotatable bonds is 3. The Labute approximate surface area is 143 Å². The molecule has 0 saturated heterocycles. The minimum absolute atomic E-state index is 0.00148. The molecule has 0 spiro atoms. The minimum Gasteiger partial charge on any atom is -0.494 e. The molecule has 0 bridgehead atoms. The number of aromatic hydroxyl groups is 1. The van der Waals surface area contributed by atoms with Crippen molar-refractivity contribution in [3.8, 4) is 17.3 Å². The monoisotopic (exact) mass is 354 g/mol. The molecular weight excluding hydrogens is 344 g/mol. The van der Waals surface area contributed by atoms with Gasteiger partial charge in [-0.05, 0) is 34.9 Å². The first-order valence-electron chi connectivity index (χ1n) is 7.07. The molecule has 0 radical (unpaired) electrons. The smallest absolute Gasteiger partial charge is 0.326 e. The van der Waals surface area contributed by atoms with Crippen molar-refractivity contribution in [2.45, 2.75) is 0 Å². The van der Waals surface area contributed by atoms with E-state index in [1.807, 2.05) is 0 Å². The van der Waals surface area contributed by atoms with Crippen LogP contribution in [0.5, 0.6) is 5.88 Å². The van der Waals surface area contributed by atoms with Gasteiger partial charge in [0.05, 0.1) is 16.0 Å². The zero-order chi connectivity index (χ0) is 17.6. The van der Waals surface area contributed by atoms with Gasteiger partial charge >= 0.3 is 6.03 Å². The van der Waals surface area contributed by atoms with Crippen LogP contribution in [-0.4, -0.2) is 42.1 Å². The van der Waals surface area contributed by atoms with Crippen LogP contribution < -0.4 is 5.73 Å². The fourth-order valence-corrected chi connectivity index (χ4v) is 3.35. The molecule has 0 fully saturated rings. The van der Waals surface area contributed by atoms with Crippen LogP contribution in [0.3, 0.4) is 0 Å². The fraction of sp³-hybridized carbons (Fsp3) is 0. The highest BCUT2D eigenvalue weighted by molar-refractivity contribution is 7.12. The summed E-state index contributed by atoms with van der Waals surface area (Å²) >= 11 is 1.24.